The maximum absolute atomic E-state index is 6.19. The Balaban J connectivity index is 2.16. The first-order valence-electron chi connectivity index (χ1n) is 5.36. The van der Waals surface area contributed by atoms with Crippen LogP contribution in [0.3, 0.4) is 0 Å². The number of nitrogens with two attached hydrogens (primary N) is 1. The Kier molecular flexibility index (Phi) is 5.00. The molecule has 2 rings (SSSR count). The second kappa shape index (κ2) is 6.32. The van der Waals surface area contributed by atoms with E-state index in [1.165, 1.54) is 0 Å². The van der Waals surface area contributed by atoms with Crippen molar-refractivity contribution < 1.29 is 0 Å². The highest BCUT2D eigenvalue weighted by Gasteiger charge is 2.09. The summed E-state index contributed by atoms with van der Waals surface area (Å²) in [6.07, 6.45) is 4.33. The molecule has 2 aromatic rings. The lowest BCUT2D eigenvalue weighted by atomic mass is 10.0. The SMILES string of the molecule is NC(Cc1cncc(Br)c1)c1ccc(I)c(Cl)c1. The van der Waals surface area contributed by atoms with Crippen molar-refractivity contribution in [3.05, 3.63) is 60.9 Å². The summed E-state index contributed by atoms with van der Waals surface area (Å²) in [6, 6.07) is 7.89. The van der Waals surface area contributed by atoms with E-state index in [9.17, 15) is 0 Å². The van der Waals surface area contributed by atoms with E-state index >= 15 is 0 Å². The molecule has 0 saturated heterocycles. The molecular formula is C13H11BrClIN2. The zero-order valence-corrected chi connectivity index (χ0v) is 13.9. The standard InChI is InChI=1S/C13H11BrClIN2/c14-10-3-8(6-18-7-10)4-13(17)9-1-2-12(16)11(15)5-9/h1-3,5-7,13H,4,17H2. The summed E-state index contributed by atoms with van der Waals surface area (Å²) < 4.78 is 2.00. The van der Waals surface area contributed by atoms with Crippen LogP contribution in [0.25, 0.3) is 0 Å². The zero-order chi connectivity index (χ0) is 13.1. The molecule has 0 aliphatic rings. The minimum atomic E-state index is -0.0735. The van der Waals surface area contributed by atoms with Crippen LogP contribution in [0.4, 0.5) is 0 Å². The molecular weight excluding hydrogens is 426 g/mol. The lowest BCUT2D eigenvalue weighted by Crippen LogP contribution is -2.13. The number of benzene rings is 1. The van der Waals surface area contributed by atoms with Crippen LogP contribution in [-0.2, 0) is 6.42 Å². The summed E-state index contributed by atoms with van der Waals surface area (Å²) in [5.74, 6) is 0. The van der Waals surface area contributed by atoms with Crippen LogP contribution in [0.2, 0.25) is 5.02 Å². The maximum Gasteiger partial charge on any atom is 0.0542 e. The largest absolute Gasteiger partial charge is 0.324 e. The fraction of sp³-hybridized carbons (Fsp3) is 0.154. The Hall–Kier alpha value is -0.170. The lowest BCUT2D eigenvalue weighted by molar-refractivity contribution is 0.719. The van der Waals surface area contributed by atoms with Gasteiger partial charge < -0.3 is 5.73 Å². The van der Waals surface area contributed by atoms with E-state index in [1.807, 2.05) is 30.5 Å². The Morgan fingerprint density at radius 2 is 2.11 bits per heavy atom. The first-order valence-corrected chi connectivity index (χ1v) is 7.61. The van der Waals surface area contributed by atoms with Gasteiger partial charge in [0.25, 0.3) is 0 Å². The second-order valence-corrected chi connectivity index (χ2v) is 6.48. The van der Waals surface area contributed by atoms with Crippen molar-refractivity contribution in [2.75, 3.05) is 0 Å². The van der Waals surface area contributed by atoms with E-state index in [1.54, 1.807) is 6.20 Å². The molecule has 0 fully saturated rings. The van der Waals surface area contributed by atoms with Gasteiger partial charge in [-0.2, -0.15) is 0 Å². The van der Waals surface area contributed by atoms with Gasteiger partial charge in [-0.25, -0.2) is 0 Å². The molecule has 0 radical (unpaired) electrons. The molecule has 1 atom stereocenters. The minimum absolute atomic E-state index is 0.0735. The van der Waals surface area contributed by atoms with Gasteiger partial charge in [0.05, 0.1) is 5.02 Å². The number of nitrogens with zero attached hydrogens (tertiary/aromatic N) is 1. The highest BCUT2D eigenvalue weighted by molar-refractivity contribution is 14.1. The van der Waals surface area contributed by atoms with Gasteiger partial charge in [-0.3, -0.25) is 4.98 Å². The number of aromatic nitrogens is 1. The predicted octanol–water partition coefficient (Wildman–Crippen LogP) is 4.34. The summed E-state index contributed by atoms with van der Waals surface area (Å²) in [5, 5.41) is 0.746. The minimum Gasteiger partial charge on any atom is -0.324 e. The van der Waals surface area contributed by atoms with Crippen molar-refractivity contribution in [2.24, 2.45) is 5.73 Å². The molecule has 5 heteroatoms. The maximum atomic E-state index is 6.19. The van der Waals surface area contributed by atoms with Crippen molar-refractivity contribution >= 4 is 50.1 Å². The third-order valence-corrected chi connectivity index (χ3v) is 4.59. The first kappa shape index (κ1) is 14.2. The molecule has 1 unspecified atom stereocenters. The van der Waals surface area contributed by atoms with Crippen LogP contribution in [0.1, 0.15) is 17.2 Å². The monoisotopic (exact) mass is 436 g/mol. The molecule has 1 heterocycles. The van der Waals surface area contributed by atoms with Gasteiger partial charge in [-0.1, -0.05) is 17.7 Å². The molecule has 0 aliphatic heterocycles. The van der Waals surface area contributed by atoms with Crippen molar-refractivity contribution in [3.8, 4) is 0 Å². The highest BCUT2D eigenvalue weighted by Crippen LogP contribution is 2.24. The first-order chi connectivity index (χ1) is 8.56. The average molecular weight is 438 g/mol. The normalized spacial score (nSPS) is 12.4. The quantitative estimate of drug-likeness (QED) is 0.726. The van der Waals surface area contributed by atoms with Crippen molar-refractivity contribution in [1.29, 1.82) is 0 Å². The molecule has 1 aromatic heterocycles. The fourth-order valence-electron chi connectivity index (χ4n) is 1.68. The van der Waals surface area contributed by atoms with Gasteiger partial charge in [0.1, 0.15) is 0 Å². The number of hydrogen-bond acceptors (Lipinski definition) is 2. The summed E-state index contributed by atoms with van der Waals surface area (Å²) in [6.45, 7) is 0. The van der Waals surface area contributed by atoms with Crippen LogP contribution < -0.4 is 5.73 Å². The molecule has 0 amide bonds. The predicted molar refractivity (Wildman–Crippen MR) is 86.7 cm³/mol. The summed E-state index contributed by atoms with van der Waals surface area (Å²) in [5.41, 5.74) is 8.34. The molecule has 2 nitrogen and oxygen atoms in total. The van der Waals surface area contributed by atoms with Crippen LogP contribution in [0.5, 0.6) is 0 Å². The number of halogens is 3. The van der Waals surface area contributed by atoms with Crippen LogP contribution in [-0.4, -0.2) is 4.98 Å². The van der Waals surface area contributed by atoms with E-state index in [0.717, 1.165) is 30.6 Å². The number of pyridine rings is 1. The zero-order valence-electron chi connectivity index (χ0n) is 9.41. The van der Waals surface area contributed by atoms with E-state index < -0.39 is 0 Å². The van der Waals surface area contributed by atoms with Gasteiger partial charge in [0, 0.05) is 26.5 Å². The van der Waals surface area contributed by atoms with Crippen molar-refractivity contribution in [2.45, 2.75) is 12.5 Å². The summed E-state index contributed by atoms with van der Waals surface area (Å²) >= 11 is 11.7. The Labute approximate surface area is 133 Å². The van der Waals surface area contributed by atoms with E-state index in [-0.39, 0.29) is 6.04 Å². The topological polar surface area (TPSA) is 38.9 Å². The van der Waals surface area contributed by atoms with Gasteiger partial charge in [0.2, 0.25) is 0 Å². The smallest absolute Gasteiger partial charge is 0.0542 e. The van der Waals surface area contributed by atoms with Gasteiger partial charge in [-0.05, 0) is 74.3 Å². The van der Waals surface area contributed by atoms with E-state index in [0.29, 0.717) is 0 Å². The Bertz CT molecular complexity index is 562. The molecule has 94 valence electrons. The Morgan fingerprint density at radius 3 is 2.78 bits per heavy atom. The molecule has 2 N–H and O–H groups in total. The van der Waals surface area contributed by atoms with Gasteiger partial charge >= 0.3 is 0 Å². The molecule has 0 saturated carbocycles. The van der Waals surface area contributed by atoms with Crippen LogP contribution >= 0.6 is 50.1 Å². The highest BCUT2D eigenvalue weighted by atomic mass is 127. The van der Waals surface area contributed by atoms with Gasteiger partial charge in [0.15, 0.2) is 0 Å². The lowest BCUT2D eigenvalue weighted by Gasteiger charge is -2.13. The van der Waals surface area contributed by atoms with Crippen LogP contribution in [0.15, 0.2) is 41.1 Å². The van der Waals surface area contributed by atoms with Gasteiger partial charge in [-0.15, -0.1) is 0 Å². The van der Waals surface area contributed by atoms with Crippen molar-refractivity contribution in [1.82, 2.24) is 4.98 Å². The van der Waals surface area contributed by atoms with Crippen molar-refractivity contribution in [3.63, 3.8) is 0 Å². The third-order valence-electron chi connectivity index (χ3n) is 2.59. The summed E-state index contributed by atoms with van der Waals surface area (Å²) in [4.78, 5) is 4.13. The third kappa shape index (κ3) is 3.66. The molecule has 1 aromatic carbocycles. The van der Waals surface area contributed by atoms with Crippen LogP contribution in [0, 0.1) is 3.57 Å². The number of rotatable bonds is 3. The summed E-state index contributed by atoms with van der Waals surface area (Å²) in [7, 11) is 0. The molecule has 0 bridgehead atoms. The second-order valence-electron chi connectivity index (χ2n) is 4.00. The van der Waals surface area contributed by atoms with E-state index in [4.69, 9.17) is 17.3 Å². The average Bonchev–Trinajstić information content (AvgIpc) is 2.32. The number of hydrogen-bond donors (Lipinski definition) is 1. The fourth-order valence-corrected chi connectivity index (χ4v) is 2.62. The molecule has 18 heavy (non-hydrogen) atoms. The van der Waals surface area contributed by atoms with E-state index in [2.05, 4.69) is 43.5 Å². The molecule has 0 spiro atoms. The Morgan fingerprint density at radius 1 is 1.33 bits per heavy atom. The molecule has 0 aliphatic carbocycles.